The Kier molecular flexibility index (Phi) is 9.43. The Bertz CT molecular complexity index is 1970. The van der Waals surface area contributed by atoms with Gasteiger partial charge in [-0.1, -0.05) is 44.2 Å². The lowest BCUT2D eigenvalue weighted by molar-refractivity contribution is 0.277. The minimum atomic E-state index is -4.08. The van der Waals surface area contributed by atoms with Crippen LogP contribution in [0, 0.1) is 6.92 Å². The summed E-state index contributed by atoms with van der Waals surface area (Å²) < 4.78 is 48.7. The van der Waals surface area contributed by atoms with Crippen LogP contribution >= 0.6 is 0 Å². The van der Waals surface area contributed by atoms with E-state index in [2.05, 4.69) is 26.7 Å². The van der Waals surface area contributed by atoms with Crippen LogP contribution in [0.5, 0.6) is 17.2 Å². The van der Waals surface area contributed by atoms with Crippen molar-refractivity contribution in [1.29, 1.82) is 0 Å². The number of aromatic amines is 1. The van der Waals surface area contributed by atoms with E-state index in [0.29, 0.717) is 59.5 Å². The molecule has 12 heteroatoms. The number of anilines is 1. The Balaban J connectivity index is 1.44. The van der Waals surface area contributed by atoms with Gasteiger partial charge in [0.15, 0.2) is 22.8 Å². The molecule has 2 N–H and O–H groups in total. The minimum Gasteiger partial charge on any atom is -0.493 e. The molecule has 1 unspecified atom stereocenters. The summed E-state index contributed by atoms with van der Waals surface area (Å²) in [5.41, 5.74) is 2.30. The molecule has 0 amide bonds. The molecule has 0 fully saturated rings. The van der Waals surface area contributed by atoms with Crippen LogP contribution < -0.4 is 24.5 Å². The molecule has 0 aliphatic carbocycles. The van der Waals surface area contributed by atoms with Crippen LogP contribution in [0.4, 0.5) is 5.69 Å². The third kappa shape index (κ3) is 6.80. The first-order valence-corrected chi connectivity index (χ1v) is 16.3. The Labute approximate surface area is 262 Å². The van der Waals surface area contributed by atoms with Gasteiger partial charge in [-0.15, -0.1) is 5.10 Å². The molecule has 0 radical (unpaired) electrons. The van der Waals surface area contributed by atoms with E-state index < -0.39 is 10.0 Å². The molecule has 0 aliphatic rings. The SMILES string of the molecule is CCCc1nc(C)c2c(=O)[nH]c(-c3cc(S(=O)(=O)Nc4ccc(OCC(C)c5ccccc5)c(OC)c4)ccc3OCC)nn12. The fraction of sp³-hybridized carbons (Fsp3) is 0.303. The maximum Gasteiger partial charge on any atom is 0.277 e. The molecule has 0 bridgehead atoms. The predicted octanol–water partition coefficient (Wildman–Crippen LogP) is 5.74. The molecule has 0 saturated carbocycles. The number of ether oxygens (including phenoxy) is 3. The molecule has 5 rings (SSSR count). The van der Waals surface area contributed by atoms with Gasteiger partial charge in [0.2, 0.25) is 0 Å². The van der Waals surface area contributed by atoms with Crippen LogP contribution in [0.15, 0.2) is 76.4 Å². The van der Waals surface area contributed by atoms with E-state index in [4.69, 9.17) is 14.2 Å². The lowest BCUT2D eigenvalue weighted by Crippen LogP contribution is -2.17. The molecule has 2 aromatic heterocycles. The molecule has 3 aromatic carbocycles. The summed E-state index contributed by atoms with van der Waals surface area (Å²) in [6.07, 6.45) is 1.44. The van der Waals surface area contributed by atoms with Crippen molar-refractivity contribution in [2.45, 2.75) is 51.3 Å². The number of sulfonamides is 1. The number of imidazole rings is 1. The standard InChI is InChI=1S/C33H37N5O6S/c1-6-11-30-34-22(4)31-33(39)35-32(36-38(30)31)26-19-25(15-17-27(26)43-7-2)45(40,41)37-24-14-16-28(29(18-24)42-5)44-20-21(3)23-12-9-8-10-13-23/h8-10,12-19,21,37H,6-7,11,20H2,1-5H3,(H,35,36,39). The first-order chi connectivity index (χ1) is 21.6. The molecule has 1 atom stereocenters. The average Bonchev–Trinajstić information content (AvgIpc) is 3.35. The second-order valence-electron chi connectivity index (χ2n) is 10.6. The topological polar surface area (TPSA) is 137 Å². The normalized spacial score (nSPS) is 12.2. The van der Waals surface area contributed by atoms with Gasteiger partial charge in [-0.3, -0.25) is 9.52 Å². The maximum atomic E-state index is 13.6. The molecular weight excluding hydrogens is 594 g/mol. The Morgan fingerprint density at radius 2 is 1.73 bits per heavy atom. The van der Waals surface area contributed by atoms with Gasteiger partial charge in [0.1, 0.15) is 11.6 Å². The molecule has 0 saturated heterocycles. The predicted molar refractivity (Wildman–Crippen MR) is 173 cm³/mol. The molecule has 0 aliphatic heterocycles. The van der Waals surface area contributed by atoms with Crippen molar-refractivity contribution >= 4 is 21.2 Å². The largest absolute Gasteiger partial charge is 0.493 e. The summed E-state index contributed by atoms with van der Waals surface area (Å²) in [5, 5.41) is 4.65. The highest BCUT2D eigenvalue weighted by molar-refractivity contribution is 7.92. The van der Waals surface area contributed by atoms with E-state index >= 15 is 0 Å². The third-order valence-corrected chi connectivity index (χ3v) is 8.68. The molecule has 5 aromatic rings. The van der Waals surface area contributed by atoms with Gasteiger partial charge in [-0.05, 0) is 56.2 Å². The zero-order chi connectivity index (χ0) is 32.1. The minimum absolute atomic E-state index is 0.0460. The van der Waals surface area contributed by atoms with Crippen molar-refractivity contribution in [3.63, 3.8) is 0 Å². The smallest absolute Gasteiger partial charge is 0.277 e. The highest BCUT2D eigenvalue weighted by Crippen LogP contribution is 2.34. The van der Waals surface area contributed by atoms with Crippen molar-refractivity contribution in [2.24, 2.45) is 0 Å². The Morgan fingerprint density at radius 3 is 2.44 bits per heavy atom. The first-order valence-electron chi connectivity index (χ1n) is 14.8. The number of aryl methyl sites for hydroxylation is 2. The first kappa shape index (κ1) is 31.6. The van der Waals surface area contributed by atoms with Gasteiger partial charge in [-0.2, -0.15) is 0 Å². The van der Waals surface area contributed by atoms with Crippen LogP contribution in [-0.2, 0) is 16.4 Å². The number of fused-ring (bicyclic) bond motifs is 1. The lowest BCUT2D eigenvalue weighted by Gasteiger charge is -2.17. The van der Waals surface area contributed by atoms with Crippen molar-refractivity contribution in [3.05, 3.63) is 94.2 Å². The molecule has 45 heavy (non-hydrogen) atoms. The molecular formula is C33H37N5O6S. The Morgan fingerprint density at radius 1 is 0.978 bits per heavy atom. The van der Waals surface area contributed by atoms with E-state index in [1.165, 1.54) is 23.8 Å². The van der Waals surface area contributed by atoms with Crippen molar-refractivity contribution in [2.75, 3.05) is 25.0 Å². The molecule has 11 nitrogen and oxygen atoms in total. The highest BCUT2D eigenvalue weighted by atomic mass is 32.2. The fourth-order valence-corrected chi connectivity index (χ4v) is 6.12. The number of benzene rings is 3. The van der Waals surface area contributed by atoms with E-state index in [1.807, 2.05) is 44.2 Å². The summed E-state index contributed by atoms with van der Waals surface area (Å²) in [5.74, 6) is 2.21. The number of hydrogen-bond donors (Lipinski definition) is 2. The maximum absolute atomic E-state index is 13.6. The van der Waals surface area contributed by atoms with Gasteiger partial charge in [-0.25, -0.2) is 17.9 Å². The second kappa shape index (κ2) is 13.4. The van der Waals surface area contributed by atoms with Crippen molar-refractivity contribution < 1.29 is 22.6 Å². The quantitative estimate of drug-likeness (QED) is 0.168. The van der Waals surface area contributed by atoms with Gasteiger partial charge in [0.25, 0.3) is 15.6 Å². The number of nitrogens with one attached hydrogen (secondary N) is 2. The van der Waals surface area contributed by atoms with Crippen LogP contribution in [0.3, 0.4) is 0 Å². The number of methoxy groups -OCH3 is 1. The number of aromatic nitrogens is 4. The average molecular weight is 632 g/mol. The monoisotopic (exact) mass is 631 g/mol. The van der Waals surface area contributed by atoms with Gasteiger partial charge in [0.05, 0.1) is 42.2 Å². The van der Waals surface area contributed by atoms with E-state index in [9.17, 15) is 13.2 Å². The number of H-pyrrole nitrogens is 1. The summed E-state index contributed by atoms with van der Waals surface area (Å²) in [6, 6.07) is 19.3. The van der Waals surface area contributed by atoms with Gasteiger partial charge in [0, 0.05) is 18.4 Å². The van der Waals surface area contributed by atoms with Crippen molar-refractivity contribution in [3.8, 4) is 28.6 Å². The molecule has 236 valence electrons. The number of nitrogens with zero attached hydrogens (tertiary/aromatic N) is 3. The lowest BCUT2D eigenvalue weighted by atomic mass is 10.0. The number of hydrogen-bond acceptors (Lipinski definition) is 8. The van der Waals surface area contributed by atoms with E-state index in [1.54, 1.807) is 31.2 Å². The van der Waals surface area contributed by atoms with Crippen LogP contribution in [0.25, 0.3) is 16.9 Å². The second-order valence-corrected chi connectivity index (χ2v) is 12.3. The fourth-order valence-electron chi connectivity index (χ4n) is 5.04. The molecule has 2 heterocycles. The summed E-state index contributed by atoms with van der Waals surface area (Å²) >= 11 is 0. The van der Waals surface area contributed by atoms with Crippen LogP contribution in [-0.4, -0.2) is 48.3 Å². The van der Waals surface area contributed by atoms with E-state index in [0.717, 1.165) is 12.0 Å². The summed E-state index contributed by atoms with van der Waals surface area (Å²) in [4.78, 5) is 20.4. The third-order valence-electron chi connectivity index (χ3n) is 7.31. The summed E-state index contributed by atoms with van der Waals surface area (Å²) in [6.45, 7) is 8.40. The summed E-state index contributed by atoms with van der Waals surface area (Å²) in [7, 11) is -2.58. The van der Waals surface area contributed by atoms with Gasteiger partial charge >= 0.3 is 0 Å². The van der Waals surface area contributed by atoms with Gasteiger partial charge < -0.3 is 19.2 Å². The highest BCUT2D eigenvalue weighted by Gasteiger charge is 2.22. The molecule has 0 spiro atoms. The van der Waals surface area contributed by atoms with Crippen LogP contribution in [0.1, 0.15) is 50.2 Å². The Hall–Kier alpha value is -4.84. The van der Waals surface area contributed by atoms with Crippen LogP contribution in [0.2, 0.25) is 0 Å². The van der Waals surface area contributed by atoms with Crippen molar-refractivity contribution in [1.82, 2.24) is 19.6 Å². The number of rotatable bonds is 13. The zero-order valence-electron chi connectivity index (χ0n) is 26.0. The zero-order valence-corrected chi connectivity index (χ0v) is 26.8. The van der Waals surface area contributed by atoms with E-state index in [-0.39, 0.29) is 27.9 Å².